The van der Waals surface area contributed by atoms with Gasteiger partial charge >= 0.3 is 0 Å². The van der Waals surface area contributed by atoms with Crippen molar-refractivity contribution in [2.75, 3.05) is 21.3 Å². The van der Waals surface area contributed by atoms with Gasteiger partial charge in [0.25, 0.3) is 11.8 Å². The summed E-state index contributed by atoms with van der Waals surface area (Å²) in [5.74, 6) is 0.456. The monoisotopic (exact) mass is 485 g/mol. The normalized spacial score (nSPS) is 12.6. The molecule has 0 saturated heterocycles. The number of methoxy groups -OCH3 is 3. The smallest absolute Gasteiger partial charge is 0.265 e. The summed E-state index contributed by atoms with van der Waals surface area (Å²) in [6.07, 6.45) is 7.84. The van der Waals surface area contributed by atoms with Crippen LogP contribution in [0, 0.1) is 0 Å². The minimum absolute atomic E-state index is 0.110. The number of benzene rings is 1. The van der Waals surface area contributed by atoms with Crippen LogP contribution in [-0.4, -0.2) is 38.3 Å². The fraction of sp³-hybridized carbons (Fsp3) is 0.174. The summed E-state index contributed by atoms with van der Waals surface area (Å²) >= 11 is 6.68. The molecule has 0 bridgehead atoms. The Kier molecular flexibility index (Phi) is 8.22. The second kappa shape index (κ2) is 11.3. The first-order chi connectivity index (χ1) is 15.9. The minimum Gasteiger partial charge on any atom is -0.493 e. The van der Waals surface area contributed by atoms with Crippen molar-refractivity contribution in [3.8, 4) is 17.2 Å². The molecular weight excluding hydrogens is 462 g/mol. The van der Waals surface area contributed by atoms with Gasteiger partial charge in [-0.1, -0.05) is 18.2 Å². The molecule has 0 spiro atoms. The highest BCUT2D eigenvalue weighted by Crippen LogP contribution is 2.38. The van der Waals surface area contributed by atoms with E-state index < -0.39 is 5.91 Å². The Morgan fingerprint density at radius 3 is 2.36 bits per heavy atom. The second-order valence-electron chi connectivity index (χ2n) is 6.68. The van der Waals surface area contributed by atoms with Gasteiger partial charge in [0.15, 0.2) is 16.6 Å². The number of carbonyl (C=O) groups is 2. The van der Waals surface area contributed by atoms with Crippen LogP contribution in [0.4, 0.5) is 0 Å². The zero-order chi connectivity index (χ0) is 23.8. The lowest BCUT2D eigenvalue weighted by molar-refractivity contribution is 0.0965. The molecule has 2 amide bonds. The Morgan fingerprint density at radius 1 is 1.03 bits per heavy atom. The maximum atomic E-state index is 12.8. The Morgan fingerprint density at radius 2 is 1.76 bits per heavy atom. The van der Waals surface area contributed by atoms with Gasteiger partial charge in [0.1, 0.15) is 0 Å². The third-order valence-corrected chi connectivity index (χ3v) is 5.58. The fourth-order valence-electron chi connectivity index (χ4n) is 2.99. The molecule has 0 fully saturated rings. The maximum Gasteiger partial charge on any atom is 0.265 e. The van der Waals surface area contributed by atoms with Crippen LogP contribution in [0.2, 0.25) is 0 Å². The third kappa shape index (κ3) is 6.21. The summed E-state index contributed by atoms with van der Waals surface area (Å²) in [5, 5.41) is 10.5. The Bertz CT molecular complexity index is 1110. The fourth-order valence-corrected chi connectivity index (χ4v) is 3.83. The van der Waals surface area contributed by atoms with Crippen LogP contribution >= 0.6 is 23.6 Å². The third-order valence-electron chi connectivity index (χ3n) is 4.51. The predicted molar refractivity (Wildman–Crippen MR) is 131 cm³/mol. The van der Waals surface area contributed by atoms with Crippen LogP contribution in [0.3, 0.4) is 0 Å². The average molecular weight is 486 g/mol. The molecule has 0 radical (unpaired) electrons. The van der Waals surface area contributed by atoms with E-state index in [0.29, 0.717) is 39.9 Å². The largest absolute Gasteiger partial charge is 0.493 e. The summed E-state index contributed by atoms with van der Waals surface area (Å²) in [7, 11) is 4.43. The van der Waals surface area contributed by atoms with Gasteiger partial charge in [-0.2, -0.15) is 0 Å². The Labute approximate surface area is 200 Å². The number of thiocarbonyl (C=S) groups is 1. The molecule has 1 aliphatic carbocycles. The standard InChI is InChI=1S/C23H23N3O5S2/c1-29-17-11-14(12-18(30-2)20(17)31-3)21(27)26-23(32)25-16-8-5-4-7-15(13-16)24-22(28)19-9-6-10-33-19/h4-7,9-13H,8H2,1-3H3,(H,24,28)(H2,25,26,27,32). The van der Waals surface area contributed by atoms with Gasteiger partial charge in [-0.15, -0.1) is 11.3 Å². The number of thiophene rings is 1. The van der Waals surface area contributed by atoms with Crippen molar-refractivity contribution in [1.82, 2.24) is 16.0 Å². The summed E-state index contributed by atoms with van der Waals surface area (Å²) in [4.78, 5) is 25.7. The first-order valence-electron chi connectivity index (χ1n) is 9.79. The second-order valence-corrected chi connectivity index (χ2v) is 8.03. The van der Waals surface area contributed by atoms with Crippen molar-refractivity contribution in [2.24, 2.45) is 0 Å². The summed E-state index contributed by atoms with van der Waals surface area (Å²) in [6, 6.07) is 6.64. The van der Waals surface area contributed by atoms with E-state index in [1.165, 1.54) is 44.8 Å². The summed E-state index contributed by atoms with van der Waals surface area (Å²) < 4.78 is 15.9. The summed E-state index contributed by atoms with van der Waals surface area (Å²) in [6.45, 7) is 0. The van der Waals surface area contributed by atoms with Crippen molar-refractivity contribution in [2.45, 2.75) is 6.42 Å². The molecule has 1 aliphatic rings. The van der Waals surface area contributed by atoms with E-state index in [1.54, 1.807) is 18.2 Å². The van der Waals surface area contributed by atoms with Crippen LogP contribution in [0.1, 0.15) is 26.5 Å². The lowest BCUT2D eigenvalue weighted by Crippen LogP contribution is -2.39. The quantitative estimate of drug-likeness (QED) is 0.516. The molecule has 0 atom stereocenters. The molecule has 8 nitrogen and oxygen atoms in total. The number of hydrogen-bond acceptors (Lipinski definition) is 7. The first kappa shape index (κ1) is 24.0. The van der Waals surface area contributed by atoms with E-state index >= 15 is 0 Å². The van der Waals surface area contributed by atoms with Crippen molar-refractivity contribution in [3.63, 3.8) is 0 Å². The molecule has 1 heterocycles. The predicted octanol–water partition coefficient (Wildman–Crippen LogP) is 3.54. The van der Waals surface area contributed by atoms with Gasteiger partial charge in [-0.3, -0.25) is 14.9 Å². The van der Waals surface area contributed by atoms with Gasteiger partial charge in [0, 0.05) is 23.4 Å². The van der Waals surface area contributed by atoms with Crippen LogP contribution < -0.4 is 30.2 Å². The SMILES string of the molecule is COc1cc(C(=O)NC(=S)NC2=CC(NC(=O)c3cccs3)=CC=CC2)cc(OC)c1OC. The molecule has 3 rings (SSSR count). The lowest BCUT2D eigenvalue weighted by atomic mass is 10.1. The van der Waals surface area contributed by atoms with Gasteiger partial charge in [-0.25, -0.2) is 0 Å². The first-order valence-corrected chi connectivity index (χ1v) is 11.1. The molecule has 2 aromatic rings. The number of hydrogen-bond donors (Lipinski definition) is 3. The zero-order valence-electron chi connectivity index (χ0n) is 18.3. The maximum absolute atomic E-state index is 12.8. The van der Waals surface area contributed by atoms with Crippen LogP contribution in [0.15, 0.2) is 65.3 Å². The minimum atomic E-state index is -0.446. The van der Waals surface area contributed by atoms with Gasteiger partial charge in [0.2, 0.25) is 5.75 Å². The van der Waals surface area contributed by atoms with E-state index in [2.05, 4.69) is 16.0 Å². The number of carbonyl (C=O) groups excluding carboxylic acids is 2. The van der Waals surface area contributed by atoms with Crippen molar-refractivity contribution in [1.29, 1.82) is 0 Å². The molecule has 10 heteroatoms. The number of nitrogens with one attached hydrogen (secondary N) is 3. The molecule has 1 aromatic heterocycles. The van der Waals surface area contributed by atoms with E-state index in [9.17, 15) is 9.59 Å². The molecule has 3 N–H and O–H groups in total. The summed E-state index contributed by atoms with van der Waals surface area (Å²) in [5.41, 5.74) is 1.59. The van der Waals surface area contributed by atoms with Crippen LogP contribution in [0.25, 0.3) is 0 Å². The molecule has 0 aliphatic heterocycles. The molecule has 33 heavy (non-hydrogen) atoms. The van der Waals surface area contributed by atoms with Gasteiger partial charge in [0.05, 0.1) is 26.2 Å². The van der Waals surface area contributed by atoms with Crippen LogP contribution in [0.5, 0.6) is 17.2 Å². The van der Waals surface area contributed by atoms with Crippen LogP contribution in [-0.2, 0) is 0 Å². The zero-order valence-corrected chi connectivity index (χ0v) is 19.9. The molecule has 0 unspecified atom stereocenters. The molecule has 172 valence electrons. The molecular formula is C23H23N3O5S2. The van der Waals surface area contributed by atoms with E-state index in [4.69, 9.17) is 26.4 Å². The highest BCUT2D eigenvalue weighted by molar-refractivity contribution is 7.80. The average Bonchev–Trinajstić information content (AvgIpc) is 3.27. The number of amides is 2. The van der Waals surface area contributed by atoms with Crippen molar-refractivity contribution >= 4 is 40.5 Å². The highest BCUT2D eigenvalue weighted by Gasteiger charge is 2.18. The van der Waals surface area contributed by atoms with E-state index in [1.807, 2.05) is 23.6 Å². The van der Waals surface area contributed by atoms with Gasteiger partial charge in [-0.05, 0) is 47.9 Å². The number of allylic oxidation sites excluding steroid dienone is 4. The Hall–Kier alpha value is -3.63. The molecule has 0 saturated carbocycles. The highest BCUT2D eigenvalue weighted by atomic mass is 32.1. The van der Waals surface area contributed by atoms with Gasteiger partial charge < -0.3 is 24.8 Å². The topological polar surface area (TPSA) is 97.9 Å². The van der Waals surface area contributed by atoms with E-state index in [-0.39, 0.29) is 16.6 Å². The van der Waals surface area contributed by atoms with E-state index in [0.717, 1.165) is 0 Å². The number of ether oxygens (including phenoxy) is 3. The van der Waals surface area contributed by atoms with Crippen molar-refractivity contribution < 1.29 is 23.8 Å². The Balaban J connectivity index is 1.68. The van der Waals surface area contributed by atoms with Crippen molar-refractivity contribution in [3.05, 3.63) is 75.8 Å². The number of rotatable bonds is 7. The molecule has 1 aromatic carbocycles. The lowest BCUT2D eigenvalue weighted by Gasteiger charge is -2.15.